The Kier molecular flexibility index (Phi) is 5.74. The van der Waals surface area contributed by atoms with Crippen LogP contribution in [0.3, 0.4) is 0 Å². The number of nitrogens with zero attached hydrogens (tertiary/aromatic N) is 4. The first-order valence-electron chi connectivity index (χ1n) is 10.3. The molecule has 0 bridgehead atoms. The second kappa shape index (κ2) is 8.33. The minimum absolute atomic E-state index is 0.000566. The van der Waals surface area contributed by atoms with E-state index in [0.717, 1.165) is 5.56 Å². The van der Waals surface area contributed by atoms with E-state index in [1.54, 1.807) is 27.7 Å². The Morgan fingerprint density at radius 1 is 1.06 bits per heavy atom. The molecule has 2 aromatic rings. The Balaban J connectivity index is 1.64. The van der Waals surface area contributed by atoms with Crippen molar-refractivity contribution in [1.82, 2.24) is 19.6 Å². The molecular weight excluding hydrogens is 420 g/mol. The molecule has 0 N–H and O–H groups in total. The van der Waals surface area contributed by atoms with Gasteiger partial charge in [-0.2, -0.15) is 5.10 Å². The number of methoxy groups -OCH3 is 1. The van der Waals surface area contributed by atoms with Gasteiger partial charge in [0.05, 0.1) is 30.4 Å². The highest BCUT2D eigenvalue weighted by Crippen LogP contribution is 2.31. The molecule has 1 atom stereocenters. The first-order chi connectivity index (χ1) is 14.8. The third-order valence-corrected chi connectivity index (χ3v) is 7.66. The Hall–Kier alpha value is -2.88. The van der Waals surface area contributed by atoms with Crippen LogP contribution in [0.4, 0.5) is 0 Å². The molecule has 0 saturated carbocycles. The van der Waals surface area contributed by atoms with E-state index in [4.69, 9.17) is 4.74 Å². The van der Waals surface area contributed by atoms with E-state index in [1.165, 1.54) is 6.92 Å². The molecule has 3 heterocycles. The van der Waals surface area contributed by atoms with Crippen molar-refractivity contribution in [2.45, 2.75) is 19.4 Å². The summed E-state index contributed by atoms with van der Waals surface area (Å²) in [5.41, 5.74) is 1.82. The van der Waals surface area contributed by atoms with Gasteiger partial charge in [0.25, 0.3) is 5.91 Å². The fourth-order valence-corrected chi connectivity index (χ4v) is 5.80. The fraction of sp³-hybridized carbons (Fsp3) is 0.476. The lowest BCUT2D eigenvalue weighted by Crippen LogP contribution is -2.50. The highest BCUT2D eigenvalue weighted by molar-refractivity contribution is 7.91. The standard InChI is InChI=1S/C21H26N4O5S/c1-15(26)23-8-10-24(11-9-23)21(27)19-13-20(16-3-5-18(30-2)6-4-16)25(22-19)17-7-12-31(28,29)14-17/h3-6,13,17H,7-12,14H2,1-2H3. The zero-order valence-corrected chi connectivity index (χ0v) is 18.5. The van der Waals surface area contributed by atoms with Crippen molar-refractivity contribution in [3.63, 3.8) is 0 Å². The van der Waals surface area contributed by atoms with E-state index in [1.807, 2.05) is 24.3 Å². The van der Waals surface area contributed by atoms with Gasteiger partial charge in [-0.3, -0.25) is 14.3 Å². The summed E-state index contributed by atoms with van der Waals surface area (Å²) < 4.78 is 31.0. The summed E-state index contributed by atoms with van der Waals surface area (Å²) in [6.45, 7) is 3.40. The molecule has 2 aliphatic heterocycles. The van der Waals surface area contributed by atoms with Gasteiger partial charge in [0, 0.05) is 38.7 Å². The number of benzene rings is 1. The van der Waals surface area contributed by atoms with Crippen LogP contribution in [-0.4, -0.2) is 84.6 Å². The maximum Gasteiger partial charge on any atom is 0.274 e. The van der Waals surface area contributed by atoms with Crippen molar-refractivity contribution in [3.8, 4) is 17.0 Å². The average Bonchev–Trinajstić information content (AvgIpc) is 3.36. The lowest BCUT2D eigenvalue weighted by molar-refractivity contribution is -0.130. The quantitative estimate of drug-likeness (QED) is 0.700. The van der Waals surface area contributed by atoms with Crippen molar-refractivity contribution in [2.75, 3.05) is 44.8 Å². The summed E-state index contributed by atoms with van der Waals surface area (Å²) in [6, 6.07) is 8.80. The molecule has 1 aromatic heterocycles. The molecule has 1 aromatic carbocycles. The number of amides is 2. The number of carbonyl (C=O) groups excluding carboxylic acids is 2. The van der Waals surface area contributed by atoms with E-state index < -0.39 is 9.84 Å². The van der Waals surface area contributed by atoms with Gasteiger partial charge in [-0.1, -0.05) is 0 Å². The average molecular weight is 447 g/mol. The Morgan fingerprint density at radius 3 is 2.26 bits per heavy atom. The van der Waals surface area contributed by atoms with Crippen LogP contribution in [0, 0.1) is 0 Å². The largest absolute Gasteiger partial charge is 0.497 e. The highest BCUT2D eigenvalue weighted by atomic mass is 32.2. The molecule has 2 amide bonds. The van der Waals surface area contributed by atoms with E-state index in [2.05, 4.69) is 5.10 Å². The number of ether oxygens (including phenoxy) is 1. The van der Waals surface area contributed by atoms with Gasteiger partial charge in [0.15, 0.2) is 15.5 Å². The molecule has 2 fully saturated rings. The highest BCUT2D eigenvalue weighted by Gasteiger charge is 2.33. The van der Waals surface area contributed by atoms with Gasteiger partial charge in [-0.05, 0) is 36.8 Å². The Morgan fingerprint density at radius 2 is 1.71 bits per heavy atom. The van der Waals surface area contributed by atoms with E-state index in [-0.39, 0.29) is 35.1 Å². The van der Waals surface area contributed by atoms with Crippen LogP contribution < -0.4 is 4.74 Å². The van der Waals surface area contributed by atoms with Crippen LogP contribution in [0.2, 0.25) is 0 Å². The fourth-order valence-electron chi connectivity index (χ4n) is 4.11. The summed E-state index contributed by atoms with van der Waals surface area (Å²) in [7, 11) is -1.52. The number of rotatable bonds is 4. The van der Waals surface area contributed by atoms with Crippen LogP contribution >= 0.6 is 0 Å². The zero-order chi connectivity index (χ0) is 22.2. The molecule has 31 heavy (non-hydrogen) atoms. The SMILES string of the molecule is COc1ccc(-c2cc(C(=O)N3CCN(C(C)=O)CC3)nn2C2CCS(=O)(=O)C2)cc1. The molecule has 4 rings (SSSR count). The summed E-state index contributed by atoms with van der Waals surface area (Å²) in [4.78, 5) is 28.1. The minimum atomic E-state index is -3.11. The first kappa shape index (κ1) is 21.4. The van der Waals surface area contributed by atoms with Crippen LogP contribution in [0.5, 0.6) is 5.75 Å². The first-order valence-corrected chi connectivity index (χ1v) is 12.1. The van der Waals surface area contributed by atoms with Crippen molar-refractivity contribution in [1.29, 1.82) is 0 Å². The minimum Gasteiger partial charge on any atom is -0.497 e. The smallest absolute Gasteiger partial charge is 0.274 e. The summed E-state index contributed by atoms with van der Waals surface area (Å²) in [5.74, 6) is 0.634. The van der Waals surface area contributed by atoms with Gasteiger partial charge in [0.1, 0.15) is 5.75 Å². The van der Waals surface area contributed by atoms with Crippen LogP contribution in [0.1, 0.15) is 29.9 Å². The molecule has 0 spiro atoms. The molecule has 0 aliphatic carbocycles. The third kappa shape index (κ3) is 4.43. The monoisotopic (exact) mass is 446 g/mol. The Bertz CT molecular complexity index is 1090. The maximum atomic E-state index is 13.1. The molecule has 2 aliphatic rings. The van der Waals surface area contributed by atoms with Crippen molar-refractivity contribution in [2.24, 2.45) is 0 Å². The second-order valence-electron chi connectivity index (χ2n) is 7.94. The van der Waals surface area contributed by atoms with E-state index >= 15 is 0 Å². The predicted octanol–water partition coefficient (Wildman–Crippen LogP) is 1.22. The maximum absolute atomic E-state index is 13.1. The van der Waals surface area contributed by atoms with Crippen molar-refractivity contribution < 1.29 is 22.7 Å². The predicted molar refractivity (Wildman–Crippen MR) is 115 cm³/mol. The number of hydrogen-bond donors (Lipinski definition) is 0. The molecule has 9 nitrogen and oxygen atoms in total. The lowest BCUT2D eigenvalue weighted by atomic mass is 10.1. The lowest BCUT2D eigenvalue weighted by Gasteiger charge is -2.33. The van der Waals surface area contributed by atoms with E-state index in [0.29, 0.717) is 44.0 Å². The van der Waals surface area contributed by atoms with Crippen molar-refractivity contribution in [3.05, 3.63) is 36.0 Å². The van der Waals surface area contributed by atoms with Gasteiger partial charge < -0.3 is 14.5 Å². The van der Waals surface area contributed by atoms with Crippen molar-refractivity contribution >= 4 is 21.7 Å². The van der Waals surface area contributed by atoms with Gasteiger partial charge in [-0.15, -0.1) is 0 Å². The molecule has 2 saturated heterocycles. The molecule has 166 valence electrons. The van der Waals surface area contributed by atoms with Crippen LogP contribution in [0.15, 0.2) is 30.3 Å². The summed E-state index contributed by atoms with van der Waals surface area (Å²) in [6.07, 6.45) is 0.470. The number of aromatic nitrogens is 2. The summed E-state index contributed by atoms with van der Waals surface area (Å²) >= 11 is 0. The van der Waals surface area contributed by atoms with Gasteiger partial charge in [0.2, 0.25) is 5.91 Å². The third-order valence-electron chi connectivity index (χ3n) is 5.91. The molecular formula is C21H26N4O5S. The van der Waals surface area contributed by atoms with Gasteiger partial charge >= 0.3 is 0 Å². The Labute approximate surface area is 181 Å². The number of piperazine rings is 1. The van der Waals surface area contributed by atoms with Gasteiger partial charge in [-0.25, -0.2) is 8.42 Å². The number of carbonyl (C=O) groups is 2. The molecule has 1 unspecified atom stereocenters. The van der Waals surface area contributed by atoms with E-state index in [9.17, 15) is 18.0 Å². The van der Waals surface area contributed by atoms with Crippen LogP contribution in [0.25, 0.3) is 11.3 Å². The normalized spacial score (nSPS) is 20.6. The second-order valence-corrected chi connectivity index (χ2v) is 10.2. The number of hydrogen-bond acceptors (Lipinski definition) is 6. The molecule has 10 heteroatoms. The van der Waals surface area contributed by atoms with Crippen LogP contribution in [-0.2, 0) is 14.6 Å². The number of sulfone groups is 1. The zero-order valence-electron chi connectivity index (χ0n) is 17.7. The topological polar surface area (TPSA) is 102 Å². The molecule has 0 radical (unpaired) electrons. The summed E-state index contributed by atoms with van der Waals surface area (Å²) in [5, 5.41) is 4.56.